The first-order chi connectivity index (χ1) is 9.59. The molecule has 20 heavy (non-hydrogen) atoms. The van der Waals surface area contributed by atoms with E-state index in [0.29, 0.717) is 6.54 Å². The molecule has 0 spiro atoms. The highest BCUT2D eigenvalue weighted by Crippen LogP contribution is 2.60. The number of hydrogen-bond acceptors (Lipinski definition) is 2. The van der Waals surface area contributed by atoms with Crippen LogP contribution in [0.4, 0.5) is 0 Å². The van der Waals surface area contributed by atoms with Gasteiger partial charge in [-0.25, -0.2) is 0 Å². The quantitative estimate of drug-likeness (QED) is 0.869. The van der Waals surface area contributed by atoms with Crippen LogP contribution in [-0.2, 0) is 12.0 Å². The Bertz CT molecular complexity index is 566. The van der Waals surface area contributed by atoms with Crippen molar-refractivity contribution >= 4 is 0 Å². The third-order valence-electron chi connectivity index (χ3n) is 6.10. The first-order valence-electron chi connectivity index (χ1n) is 8.03. The van der Waals surface area contributed by atoms with E-state index in [2.05, 4.69) is 11.9 Å². The number of H-pyrrole nitrogens is 1. The van der Waals surface area contributed by atoms with Crippen molar-refractivity contribution < 1.29 is 0 Å². The monoisotopic (exact) mass is 272 g/mol. The van der Waals surface area contributed by atoms with Crippen LogP contribution in [0.5, 0.6) is 0 Å². The van der Waals surface area contributed by atoms with Gasteiger partial charge in [-0.05, 0) is 74.8 Å². The van der Waals surface area contributed by atoms with Gasteiger partial charge in [0.05, 0.1) is 0 Å². The summed E-state index contributed by atoms with van der Waals surface area (Å²) in [5, 5.41) is 0. The molecule has 0 aromatic carbocycles. The van der Waals surface area contributed by atoms with Crippen molar-refractivity contribution in [1.82, 2.24) is 4.98 Å². The molecule has 0 radical (unpaired) electrons. The lowest BCUT2D eigenvalue weighted by Gasteiger charge is -2.57. The maximum absolute atomic E-state index is 12.2. The van der Waals surface area contributed by atoms with Crippen LogP contribution in [0.3, 0.4) is 0 Å². The van der Waals surface area contributed by atoms with Crippen molar-refractivity contribution in [3.8, 4) is 0 Å². The van der Waals surface area contributed by atoms with Crippen LogP contribution in [0.2, 0.25) is 0 Å². The normalized spacial score (nSPS) is 38.4. The lowest BCUT2D eigenvalue weighted by Crippen LogP contribution is -2.49. The number of rotatable bonds is 2. The van der Waals surface area contributed by atoms with E-state index in [9.17, 15) is 4.79 Å². The van der Waals surface area contributed by atoms with E-state index >= 15 is 0 Å². The number of hydrogen-bond donors (Lipinski definition) is 2. The Hall–Kier alpha value is -1.09. The summed E-state index contributed by atoms with van der Waals surface area (Å²) in [4.78, 5) is 15.4. The van der Waals surface area contributed by atoms with Crippen molar-refractivity contribution in [1.29, 1.82) is 0 Å². The summed E-state index contributed by atoms with van der Waals surface area (Å²) in [5.41, 5.74) is 9.15. The molecular weight excluding hydrogens is 248 g/mol. The summed E-state index contributed by atoms with van der Waals surface area (Å²) in [5.74, 6) is 2.70. The van der Waals surface area contributed by atoms with E-state index in [0.717, 1.165) is 23.3 Å². The molecule has 4 aliphatic rings. The van der Waals surface area contributed by atoms with Crippen LogP contribution in [0.25, 0.3) is 0 Å². The number of pyridine rings is 1. The van der Waals surface area contributed by atoms with Crippen LogP contribution in [0.15, 0.2) is 10.9 Å². The Balaban J connectivity index is 1.81. The molecule has 0 atom stereocenters. The molecule has 4 saturated carbocycles. The van der Waals surface area contributed by atoms with Crippen LogP contribution >= 0.6 is 0 Å². The van der Waals surface area contributed by atoms with E-state index < -0.39 is 0 Å². The topological polar surface area (TPSA) is 58.9 Å². The number of aromatic nitrogens is 1. The fourth-order valence-corrected chi connectivity index (χ4v) is 5.81. The van der Waals surface area contributed by atoms with Gasteiger partial charge in [0, 0.05) is 23.2 Å². The first kappa shape index (κ1) is 12.6. The molecule has 108 valence electrons. The van der Waals surface area contributed by atoms with Crippen molar-refractivity contribution in [2.24, 2.45) is 23.5 Å². The fourth-order valence-electron chi connectivity index (χ4n) is 5.81. The lowest BCUT2D eigenvalue weighted by atomic mass is 9.48. The molecule has 1 aromatic heterocycles. The van der Waals surface area contributed by atoms with Crippen LogP contribution in [0.1, 0.15) is 55.3 Å². The predicted octanol–water partition coefficient (Wildman–Crippen LogP) is 2.61. The Kier molecular flexibility index (Phi) is 2.65. The SMILES string of the molecule is Cc1cc(CN)c(=O)[nH]c1C12CC3CC(CC(C3)C1)C2. The molecule has 4 fully saturated rings. The molecule has 3 nitrogen and oxygen atoms in total. The maximum atomic E-state index is 12.2. The second-order valence-electron chi connectivity index (χ2n) is 7.58. The molecule has 4 bridgehead atoms. The van der Waals surface area contributed by atoms with Crippen LogP contribution < -0.4 is 11.3 Å². The zero-order valence-electron chi connectivity index (χ0n) is 12.2. The van der Waals surface area contributed by atoms with E-state index in [1.54, 1.807) is 0 Å². The van der Waals surface area contributed by atoms with Gasteiger partial charge in [0.2, 0.25) is 0 Å². The van der Waals surface area contributed by atoms with Gasteiger partial charge in [-0.1, -0.05) is 0 Å². The van der Waals surface area contributed by atoms with Gasteiger partial charge in [-0.15, -0.1) is 0 Å². The third kappa shape index (κ3) is 1.72. The Labute approximate surface area is 120 Å². The molecule has 0 aliphatic heterocycles. The lowest BCUT2D eigenvalue weighted by molar-refractivity contribution is -0.00760. The minimum atomic E-state index is 0.0313. The van der Waals surface area contributed by atoms with E-state index in [1.807, 2.05) is 6.07 Å². The summed E-state index contributed by atoms with van der Waals surface area (Å²) in [6.45, 7) is 2.47. The van der Waals surface area contributed by atoms with Crippen molar-refractivity contribution in [3.63, 3.8) is 0 Å². The Morgan fingerprint density at radius 1 is 1.20 bits per heavy atom. The van der Waals surface area contributed by atoms with Crippen molar-refractivity contribution in [2.75, 3.05) is 0 Å². The first-order valence-corrected chi connectivity index (χ1v) is 8.03. The fraction of sp³-hybridized carbons (Fsp3) is 0.706. The van der Waals surface area contributed by atoms with E-state index in [-0.39, 0.29) is 11.0 Å². The highest BCUT2D eigenvalue weighted by Gasteiger charge is 2.52. The highest BCUT2D eigenvalue weighted by atomic mass is 16.1. The Morgan fingerprint density at radius 3 is 2.25 bits per heavy atom. The highest BCUT2D eigenvalue weighted by molar-refractivity contribution is 5.32. The molecule has 3 heteroatoms. The second kappa shape index (κ2) is 4.20. The minimum Gasteiger partial charge on any atom is -0.326 e. The molecule has 1 aromatic rings. The van der Waals surface area contributed by atoms with E-state index in [4.69, 9.17) is 5.73 Å². The summed E-state index contributed by atoms with van der Waals surface area (Å²) < 4.78 is 0. The number of nitrogens with two attached hydrogens (primary N) is 1. The second-order valence-corrected chi connectivity index (χ2v) is 7.58. The summed E-state index contributed by atoms with van der Waals surface area (Å²) in [7, 11) is 0. The Morgan fingerprint density at radius 2 is 1.75 bits per heavy atom. The van der Waals surface area contributed by atoms with Gasteiger partial charge in [0.15, 0.2) is 0 Å². The number of nitrogens with one attached hydrogen (secondary N) is 1. The molecule has 0 amide bonds. The van der Waals surface area contributed by atoms with Crippen molar-refractivity contribution in [3.05, 3.63) is 33.2 Å². The summed E-state index contributed by atoms with van der Waals surface area (Å²) in [6, 6.07) is 2.02. The van der Waals surface area contributed by atoms with Gasteiger partial charge in [-0.2, -0.15) is 0 Å². The van der Waals surface area contributed by atoms with Gasteiger partial charge >= 0.3 is 0 Å². The average Bonchev–Trinajstić information content (AvgIpc) is 2.39. The van der Waals surface area contributed by atoms with E-state index in [1.165, 1.54) is 49.8 Å². The largest absolute Gasteiger partial charge is 0.326 e. The van der Waals surface area contributed by atoms with Crippen LogP contribution in [0, 0.1) is 24.7 Å². The molecule has 5 rings (SSSR count). The number of aryl methyl sites for hydroxylation is 1. The summed E-state index contributed by atoms with van der Waals surface area (Å²) in [6.07, 6.45) is 8.17. The van der Waals surface area contributed by atoms with Crippen LogP contribution in [-0.4, -0.2) is 4.98 Å². The molecule has 0 unspecified atom stereocenters. The smallest absolute Gasteiger partial charge is 0.252 e. The standard InChI is InChI=1S/C17H24N2O/c1-10-2-14(9-18)16(20)19-15(10)17-6-11-3-12(7-17)5-13(4-11)8-17/h2,11-13H,3-9,18H2,1H3,(H,19,20). The average molecular weight is 272 g/mol. The van der Waals surface area contributed by atoms with Gasteiger partial charge in [-0.3, -0.25) is 4.79 Å². The number of aromatic amines is 1. The predicted molar refractivity (Wildman–Crippen MR) is 79.5 cm³/mol. The van der Waals surface area contributed by atoms with Gasteiger partial charge in [0.25, 0.3) is 5.56 Å². The van der Waals surface area contributed by atoms with Crippen molar-refractivity contribution in [2.45, 2.75) is 57.4 Å². The molecular formula is C17H24N2O. The zero-order chi connectivity index (χ0) is 13.9. The minimum absolute atomic E-state index is 0.0313. The molecule has 0 saturated heterocycles. The molecule has 1 heterocycles. The maximum Gasteiger partial charge on any atom is 0.252 e. The van der Waals surface area contributed by atoms with Gasteiger partial charge in [0.1, 0.15) is 0 Å². The molecule has 4 aliphatic carbocycles. The van der Waals surface area contributed by atoms with Gasteiger partial charge < -0.3 is 10.7 Å². The molecule has 3 N–H and O–H groups in total. The zero-order valence-corrected chi connectivity index (χ0v) is 12.2. The third-order valence-corrected chi connectivity index (χ3v) is 6.10. The summed E-state index contributed by atoms with van der Waals surface area (Å²) >= 11 is 0.